The van der Waals surface area contributed by atoms with E-state index in [4.69, 9.17) is 0 Å². The Morgan fingerprint density at radius 1 is 1.25 bits per heavy atom. The van der Waals surface area contributed by atoms with Crippen molar-refractivity contribution in [1.82, 2.24) is 0 Å². The fourth-order valence-corrected chi connectivity index (χ4v) is 3.55. The maximum absolute atomic E-state index is 11.1. The van der Waals surface area contributed by atoms with E-state index in [0.29, 0.717) is 17.8 Å². The molecule has 0 aromatic carbocycles. The summed E-state index contributed by atoms with van der Waals surface area (Å²) in [5.74, 6) is 3.04. The van der Waals surface area contributed by atoms with Gasteiger partial charge in [-0.3, -0.25) is 0 Å². The van der Waals surface area contributed by atoms with E-state index < -0.39 is 0 Å². The first-order valence-electron chi connectivity index (χ1n) is 5.92. The van der Waals surface area contributed by atoms with Crippen LogP contribution >= 0.6 is 0 Å². The Labute approximate surface area is 95.7 Å². The largest absolute Gasteiger partial charge is 0.466 e. The van der Waals surface area contributed by atoms with Gasteiger partial charge in [-0.15, -0.1) is 0 Å². The summed E-state index contributed by atoms with van der Waals surface area (Å²) in [6, 6.07) is 0. The van der Waals surface area contributed by atoms with Gasteiger partial charge in [0, 0.05) is 6.08 Å². The smallest absolute Gasteiger partial charge is 0.330 e. The van der Waals surface area contributed by atoms with Crippen LogP contribution in [-0.2, 0) is 9.53 Å². The van der Waals surface area contributed by atoms with Gasteiger partial charge in [0.25, 0.3) is 0 Å². The molecular formula is C14H16O2. The molecule has 0 radical (unpaired) electrons. The molecule has 1 saturated carbocycles. The number of fused-ring (bicyclic) bond motifs is 5. The van der Waals surface area contributed by atoms with Gasteiger partial charge in [-0.1, -0.05) is 30.4 Å². The molecule has 3 aliphatic rings. The molecule has 16 heavy (non-hydrogen) atoms. The first kappa shape index (κ1) is 9.88. The summed E-state index contributed by atoms with van der Waals surface area (Å²) in [5.41, 5.74) is 0. The Hall–Kier alpha value is -1.31. The van der Waals surface area contributed by atoms with Gasteiger partial charge in [-0.05, 0) is 36.0 Å². The number of carbonyl (C=O) groups excluding carboxylic acids is 1. The van der Waals surface area contributed by atoms with E-state index in [-0.39, 0.29) is 5.97 Å². The molecule has 1 fully saturated rings. The molecule has 2 nitrogen and oxygen atoms in total. The number of carbonyl (C=O) groups is 1. The SMILES string of the molecule is COC(=O)C=CC1C=CC2C3C=CC(C3)C12. The van der Waals surface area contributed by atoms with Crippen molar-refractivity contribution >= 4 is 5.97 Å². The summed E-state index contributed by atoms with van der Waals surface area (Å²) in [5, 5.41) is 0. The topological polar surface area (TPSA) is 26.3 Å². The van der Waals surface area contributed by atoms with E-state index in [1.807, 2.05) is 6.08 Å². The van der Waals surface area contributed by atoms with Crippen molar-refractivity contribution in [3.8, 4) is 0 Å². The van der Waals surface area contributed by atoms with Crippen molar-refractivity contribution in [3.63, 3.8) is 0 Å². The molecular weight excluding hydrogens is 200 g/mol. The van der Waals surface area contributed by atoms with Gasteiger partial charge in [-0.2, -0.15) is 0 Å². The average Bonchev–Trinajstić information content (AvgIpc) is 2.97. The molecule has 0 aromatic heterocycles. The number of hydrogen-bond donors (Lipinski definition) is 0. The minimum atomic E-state index is -0.254. The number of ether oxygens (including phenoxy) is 1. The predicted molar refractivity (Wildman–Crippen MR) is 61.5 cm³/mol. The van der Waals surface area contributed by atoms with Gasteiger partial charge in [0.2, 0.25) is 0 Å². The lowest BCUT2D eigenvalue weighted by Crippen LogP contribution is -2.19. The zero-order valence-corrected chi connectivity index (χ0v) is 9.37. The Bertz CT molecular complexity index is 392. The normalized spacial score (nSPS) is 43.2. The maximum atomic E-state index is 11.1. The Kier molecular flexibility index (Phi) is 2.23. The summed E-state index contributed by atoms with van der Waals surface area (Å²) in [7, 11) is 1.42. The molecule has 3 aliphatic carbocycles. The monoisotopic (exact) mass is 216 g/mol. The summed E-state index contributed by atoms with van der Waals surface area (Å²) >= 11 is 0. The van der Waals surface area contributed by atoms with Crippen molar-refractivity contribution in [2.24, 2.45) is 29.6 Å². The van der Waals surface area contributed by atoms with Gasteiger partial charge in [-0.25, -0.2) is 4.79 Å². The highest BCUT2D eigenvalue weighted by molar-refractivity contribution is 5.81. The summed E-state index contributed by atoms with van der Waals surface area (Å²) in [6.45, 7) is 0. The first-order valence-corrected chi connectivity index (χ1v) is 5.92. The van der Waals surface area contributed by atoms with Gasteiger partial charge >= 0.3 is 5.97 Å². The predicted octanol–water partition coefficient (Wildman–Crippen LogP) is 2.34. The highest BCUT2D eigenvalue weighted by Crippen LogP contribution is 2.55. The zero-order valence-electron chi connectivity index (χ0n) is 9.37. The van der Waals surface area contributed by atoms with Crippen LogP contribution in [0.2, 0.25) is 0 Å². The fourth-order valence-electron chi connectivity index (χ4n) is 3.55. The van der Waals surface area contributed by atoms with Gasteiger partial charge in [0.1, 0.15) is 0 Å². The van der Waals surface area contributed by atoms with E-state index in [1.165, 1.54) is 13.5 Å². The van der Waals surface area contributed by atoms with Crippen LogP contribution in [0.5, 0.6) is 0 Å². The summed E-state index contributed by atoms with van der Waals surface area (Å²) < 4.78 is 4.62. The lowest BCUT2D eigenvalue weighted by molar-refractivity contribution is -0.134. The van der Waals surface area contributed by atoms with Crippen molar-refractivity contribution in [3.05, 3.63) is 36.5 Å². The van der Waals surface area contributed by atoms with Crippen molar-refractivity contribution < 1.29 is 9.53 Å². The number of methoxy groups -OCH3 is 1. The van der Waals surface area contributed by atoms with E-state index >= 15 is 0 Å². The molecule has 0 spiro atoms. The third-order valence-electron chi connectivity index (χ3n) is 4.24. The lowest BCUT2D eigenvalue weighted by Gasteiger charge is -2.24. The molecule has 3 rings (SSSR count). The fraction of sp³-hybridized carbons (Fsp3) is 0.500. The Balaban J connectivity index is 1.75. The second kappa shape index (κ2) is 3.62. The molecule has 5 atom stereocenters. The van der Waals surface area contributed by atoms with Crippen LogP contribution in [0, 0.1) is 29.6 Å². The molecule has 2 bridgehead atoms. The van der Waals surface area contributed by atoms with E-state index in [1.54, 1.807) is 6.08 Å². The van der Waals surface area contributed by atoms with Gasteiger partial charge in [0.05, 0.1) is 7.11 Å². The number of allylic oxidation sites excluding steroid dienone is 5. The highest BCUT2D eigenvalue weighted by Gasteiger charge is 2.47. The Morgan fingerprint density at radius 2 is 2.06 bits per heavy atom. The van der Waals surface area contributed by atoms with Crippen LogP contribution in [0.15, 0.2) is 36.5 Å². The van der Waals surface area contributed by atoms with Gasteiger partial charge in [0.15, 0.2) is 0 Å². The third kappa shape index (κ3) is 1.36. The van der Waals surface area contributed by atoms with Gasteiger partial charge < -0.3 is 4.74 Å². The first-order chi connectivity index (χ1) is 7.79. The van der Waals surface area contributed by atoms with Crippen LogP contribution < -0.4 is 0 Å². The highest BCUT2D eigenvalue weighted by atomic mass is 16.5. The van der Waals surface area contributed by atoms with Crippen LogP contribution in [0.25, 0.3) is 0 Å². The lowest BCUT2D eigenvalue weighted by atomic mass is 9.80. The molecule has 0 saturated heterocycles. The van der Waals surface area contributed by atoms with Crippen LogP contribution in [0.1, 0.15) is 6.42 Å². The van der Waals surface area contributed by atoms with Crippen LogP contribution in [-0.4, -0.2) is 13.1 Å². The van der Waals surface area contributed by atoms with Crippen LogP contribution in [0.4, 0.5) is 0 Å². The number of esters is 1. The molecule has 84 valence electrons. The molecule has 0 aliphatic heterocycles. The van der Waals surface area contributed by atoms with Crippen LogP contribution in [0.3, 0.4) is 0 Å². The van der Waals surface area contributed by atoms with Crippen molar-refractivity contribution in [2.45, 2.75) is 6.42 Å². The van der Waals surface area contributed by atoms with E-state index in [9.17, 15) is 4.79 Å². The maximum Gasteiger partial charge on any atom is 0.330 e. The molecule has 2 heteroatoms. The average molecular weight is 216 g/mol. The quantitative estimate of drug-likeness (QED) is 0.402. The second-order valence-corrected chi connectivity index (χ2v) is 4.95. The third-order valence-corrected chi connectivity index (χ3v) is 4.24. The minimum Gasteiger partial charge on any atom is -0.466 e. The molecule has 0 heterocycles. The number of hydrogen-bond acceptors (Lipinski definition) is 2. The standard InChI is InChI=1S/C14H16O2/c1-16-13(15)7-5-9-4-6-12-10-2-3-11(8-10)14(9)12/h2-7,9-12,14H,8H2,1H3. The molecule has 0 aromatic rings. The van der Waals surface area contributed by atoms with E-state index in [0.717, 1.165) is 11.8 Å². The van der Waals surface area contributed by atoms with Crippen molar-refractivity contribution in [2.75, 3.05) is 7.11 Å². The van der Waals surface area contributed by atoms with E-state index in [2.05, 4.69) is 29.0 Å². The Morgan fingerprint density at radius 3 is 2.88 bits per heavy atom. The molecule has 0 N–H and O–H groups in total. The molecule has 5 unspecified atom stereocenters. The minimum absolute atomic E-state index is 0.254. The molecule has 0 amide bonds. The summed E-state index contributed by atoms with van der Waals surface area (Å²) in [6.07, 6.45) is 14.2. The number of rotatable bonds is 2. The second-order valence-electron chi connectivity index (χ2n) is 4.95. The zero-order chi connectivity index (χ0) is 11.1. The van der Waals surface area contributed by atoms with Crippen molar-refractivity contribution in [1.29, 1.82) is 0 Å². The summed E-state index contributed by atoms with van der Waals surface area (Å²) in [4.78, 5) is 11.1.